The molecule has 0 nitrogen and oxygen atoms in total. The molecule has 0 heteroatoms. The zero-order chi connectivity index (χ0) is 10.1. The van der Waals surface area contributed by atoms with E-state index in [-0.39, 0.29) is 0 Å². The molecule has 0 aromatic carbocycles. The number of hydrogen-bond acceptors (Lipinski definition) is 0. The molecule has 1 aliphatic rings. The van der Waals surface area contributed by atoms with Crippen LogP contribution in [0.1, 0.15) is 60.3 Å². The second-order valence-electron chi connectivity index (χ2n) is 6.06. The summed E-state index contributed by atoms with van der Waals surface area (Å²) < 4.78 is 0. The van der Waals surface area contributed by atoms with Crippen molar-refractivity contribution in [3.63, 3.8) is 0 Å². The molecule has 1 rings (SSSR count). The van der Waals surface area contributed by atoms with Gasteiger partial charge in [0.2, 0.25) is 0 Å². The molecule has 1 aliphatic carbocycles. The average molecular weight is 182 g/mol. The highest BCUT2D eigenvalue weighted by molar-refractivity contribution is 4.85. The summed E-state index contributed by atoms with van der Waals surface area (Å²) in [4.78, 5) is 0. The van der Waals surface area contributed by atoms with Crippen molar-refractivity contribution >= 4 is 0 Å². The highest BCUT2D eigenvalue weighted by Gasteiger charge is 2.35. The van der Waals surface area contributed by atoms with Gasteiger partial charge in [-0.1, -0.05) is 47.5 Å². The van der Waals surface area contributed by atoms with Gasteiger partial charge in [-0.15, -0.1) is 0 Å². The van der Waals surface area contributed by atoms with Crippen molar-refractivity contribution in [1.29, 1.82) is 0 Å². The minimum Gasteiger partial charge on any atom is -0.0651 e. The third kappa shape index (κ3) is 2.72. The van der Waals surface area contributed by atoms with Gasteiger partial charge in [-0.2, -0.15) is 0 Å². The molecule has 78 valence electrons. The third-order valence-corrected chi connectivity index (χ3v) is 3.89. The SMILES string of the molecule is CCC1CCC(C)CC1C(C)(C)C. The second kappa shape index (κ2) is 4.02. The summed E-state index contributed by atoms with van der Waals surface area (Å²) >= 11 is 0. The zero-order valence-corrected chi connectivity index (χ0v) is 10.1. The van der Waals surface area contributed by atoms with Crippen LogP contribution in [0.3, 0.4) is 0 Å². The van der Waals surface area contributed by atoms with E-state index in [0.717, 1.165) is 17.8 Å². The van der Waals surface area contributed by atoms with Gasteiger partial charge in [-0.05, 0) is 36.0 Å². The molecule has 1 saturated carbocycles. The molecule has 3 atom stereocenters. The number of rotatable bonds is 1. The summed E-state index contributed by atoms with van der Waals surface area (Å²) in [6.07, 6.45) is 5.78. The van der Waals surface area contributed by atoms with E-state index in [1.165, 1.54) is 25.7 Å². The van der Waals surface area contributed by atoms with Crippen molar-refractivity contribution in [3.8, 4) is 0 Å². The molecule has 0 bridgehead atoms. The predicted octanol–water partition coefficient (Wildman–Crippen LogP) is 4.49. The Labute approximate surface area is 84.1 Å². The van der Waals surface area contributed by atoms with Crippen LogP contribution in [0, 0.1) is 23.2 Å². The topological polar surface area (TPSA) is 0 Å². The molecule has 13 heavy (non-hydrogen) atoms. The van der Waals surface area contributed by atoms with Gasteiger partial charge in [-0.3, -0.25) is 0 Å². The smallest absolute Gasteiger partial charge is 0.0335 e. The van der Waals surface area contributed by atoms with E-state index in [1.54, 1.807) is 0 Å². The van der Waals surface area contributed by atoms with Crippen LogP contribution in [0.2, 0.25) is 0 Å². The van der Waals surface area contributed by atoms with Gasteiger partial charge in [0.05, 0.1) is 0 Å². The highest BCUT2D eigenvalue weighted by atomic mass is 14.4. The van der Waals surface area contributed by atoms with Gasteiger partial charge in [0, 0.05) is 0 Å². The van der Waals surface area contributed by atoms with Gasteiger partial charge >= 0.3 is 0 Å². The summed E-state index contributed by atoms with van der Waals surface area (Å²) in [7, 11) is 0. The fourth-order valence-corrected chi connectivity index (χ4v) is 2.99. The van der Waals surface area contributed by atoms with E-state index in [2.05, 4.69) is 34.6 Å². The summed E-state index contributed by atoms with van der Waals surface area (Å²) in [6.45, 7) is 12.0. The van der Waals surface area contributed by atoms with Crippen LogP contribution in [-0.2, 0) is 0 Å². The van der Waals surface area contributed by atoms with Gasteiger partial charge in [0.1, 0.15) is 0 Å². The van der Waals surface area contributed by atoms with E-state index in [9.17, 15) is 0 Å². The Hall–Kier alpha value is 0. The van der Waals surface area contributed by atoms with Gasteiger partial charge in [0.15, 0.2) is 0 Å². The largest absolute Gasteiger partial charge is 0.0651 e. The first-order valence-electron chi connectivity index (χ1n) is 5.95. The molecule has 1 fully saturated rings. The first-order valence-corrected chi connectivity index (χ1v) is 5.95. The van der Waals surface area contributed by atoms with Crippen LogP contribution in [-0.4, -0.2) is 0 Å². The lowest BCUT2D eigenvalue weighted by Gasteiger charge is -2.42. The maximum absolute atomic E-state index is 2.42. The normalized spacial score (nSPS) is 36.2. The summed E-state index contributed by atoms with van der Waals surface area (Å²) in [6, 6.07) is 0. The molecule has 0 saturated heterocycles. The molecule has 0 amide bonds. The molecule has 0 heterocycles. The molecule has 0 radical (unpaired) electrons. The average Bonchev–Trinajstić information content (AvgIpc) is 2.03. The van der Waals surface area contributed by atoms with Crippen molar-refractivity contribution in [1.82, 2.24) is 0 Å². The Balaban J connectivity index is 2.65. The van der Waals surface area contributed by atoms with E-state index in [4.69, 9.17) is 0 Å². The maximum atomic E-state index is 2.42. The van der Waals surface area contributed by atoms with E-state index in [0.29, 0.717) is 5.41 Å². The number of hydrogen-bond donors (Lipinski definition) is 0. The Bertz CT molecular complexity index is 152. The van der Waals surface area contributed by atoms with Gasteiger partial charge < -0.3 is 0 Å². The van der Waals surface area contributed by atoms with Crippen LogP contribution in [0.4, 0.5) is 0 Å². The summed E-state index contributed by atoms with van der Waals surface area (Å²) in [5.74, 6) is 2.92. The maximum Gasteiger partial charge on any atom is -0.0335 e. The van der Waals surface area contributed by atoms with Crippen LogP contribution < -0.4 is 0 Å². The second-order valence-corrected chi connectivity index (χ2v) is 6.06. The van der Waals surface area contributed by atoms with Crippen LogP contribution in [0.15, 0.2) is 0 Å². The van der Waals surface area contributed by atoms with E-state index < -0.39 is 0 Å². The van der Waals surface area contributed by atoms with E-state index in [1.807, 2.05) is 0 Å². The first-order chi connectivity index (χ1) is 5.95. The first kappa shape index (κ1) is 11.1. The van der Waals surface area contributed by atoms with Gasteiger partial charge in [-0.25, -0.2) is 0 Å². The monoisotopic (exact) mass is 182 g/mol. The fraction of sp³-hybridized carbons (Fsp3) is 1.00. The molecular weight excluding hydrogens is 156 g/mol. The van der Waals surface area contributed by atoms with Gasteiger partial charge in [0.25, 0.3) is 0 Å². The molecule has 0 aromatic rings. The molecule has 0 aliphatic heterocycles. The Morgan fingerprint density at radius 1 is 1.15 bits per heavy atom. The van der Waals surface area contributed by atoms with Crippen molar-refractivity contribution in [2.45, 2.75) is 60.3 Å². The zero-order valence-electron chi connectivity index (χ0n) is 10.1. The Morgan fingerprint density at radius 3 is 2.23 bits per heavy atom. The summed E-state index contributed by atoms with van der Waals surface area (Å²) in [5.41, 5.74) is 0.523. The van der Waals surface area contributed by atoms with Crippen LogP contribution in [0.25, 0.3) is 0 Å². The molecule has 3 unspecified atom stereocenters. The Morgan fingerprint density at radius 2 is 1.77 bits per heavy atom. The van der Waals surface area contributed by atoms with Crippen molar-refractivity contribution in [2.75, 3.05) is 0 Å². The minimum absolute atomic E-state index is 0.523. The predicted molar refractivity (Wildman–Crippen MR) is 59.7 cm³/mol. The van der Waals surface area contributed by atoms with E-state index >= 15 is 0 Å². The van der Waals surface area contributed by atoms with Crippen LogP contribution >= 0.6 is 0 Å². The van der Waals surface area contributed by atoms with Crippen molar-refractivity contribution in [3.05, 3.63) is 0 Å². The molecule has 0 spiro atoms. The van der Waals surface area contributed by atoms with Crippen molar-refractivity contribution in [2.24, 2.45) is 23.2 Å². The quantitative estimate of drug-likeness (QED) is 0.560. The highest BCUT2D eigenvalue weighted by Crippen LogP contribution is 2.44. The third-order valence-electron chi connectivity index (χ3n) is 3.89. The molecule has 0 N–H and O–H groups in total. The Kier molecular flexibility index (Phi) is 3.43. The molecule has 0 aromatic heterocycles. The lowest BCUT2D eigenvalue weighted by atomic mass is 9.63. The molecular formula is C13H26. The fourth-order valence-electron chi connectivity index (χ4n) is 2.99. The van der Waals surface area contributed by atoms with Crippen LogP contribution in [0.5, 0.6) is 0 Å². The lowest BCUT2D eigenvalue weighted by Crippen LogP contribution is -2.33. The minimum atomic E-state index is 0.523. The standard InChI is InChI=1S/C13H26/c1-6-11-8-7-10(2)9-12(11)13(3,4)5/h10-12H,6-9H2,1-5H3. The lowest BCUT2D eigenvalue weighted by molar-refractivity contribution is 0.0788. The van der Waals surface area contributed by atoms with Crippen molar-refractivity contribution < 1.29 is 0 Å². The summed E-state index contributed by atoms with van der Waals surface area (Å²) in [5, 5.41) is 0.